The molecule has 0 aromatic heterocycles. The molecule has 0 fully saturated rings. The van der Waals surface area contributed by atoms with Gasteiger partial charge in [0, 0.05) is 16.6 Å². The van der Waals surface area contributed by atoms with Crippen molar-refractivity contribution in [1.29, 1.82) is 0 Å². The Labute approximate surface area is 137 Å². The van der Waals surface area contributed by atoms with Gasteiger partial charge < -0.3 is 14.6 Å². The monoisotopic (exact) mass is 330 g/mol. The lowest BCUT2D eigenvalue weighted by Crippen LogP contribution is -2.28. The maximum Gasteiger partial charge on any atom is 0.387 e. The predicted molar refractivity (Wildman–Crippen MR) is 80.3 cm³/mol. The van der Waals surface area contributed by atoms with Crippen LogP contribution in [0.1, 0.15) is 31.7 Å². The summed E-state index contributed by atoms with van der Waals surface area (Å²) in [4.78, 5) is 23.8. The van der Waals surface area contributed by atoms with Crippen LogP contribution in [0.25, 0.3) is 0 Å². The molecule has 2 unspecified atom stereocenters. The van der Waals surface area contributed by atoms with Gasteiger partial charge in [0.25, 0.3) is 0 Å². The molecule has 3 aliphatic rings. The van der Waals surface area contributed by atoms with Gasteiger partial charge in [0.05, 0.1) is 6.42 Å². The second kappa shape index (κ2) is 4.93. The van der Waals surface area contributed by atoms with Gasteiger partial charge in [-0.25, -0.2) is 9.18 Å². The van der Waals surface area contributed by atoms with Crippen LogP contribution in [0.3, 0.4) is 0 Å². The molecule has 24 heavy (non-hydrogen) atoms. The highest BCUT2D eigenvalue weighted by Crippen LogP contribution is 2.52. The second-order valence-corrected chi connectivity index (χ2v) is 6.45. The number of fused-ring (bicyclic) bond motifs is 1. The molecule has 0 spiro atoms. The van der Waals surface area contributed by atoms with Gasteiger partial charge in [-0.15, -0.1) is 0 Å². The molecule has 1 aliphatic heterocycles. The van der Waals surface area contributed by atoms with E-state index in [2.05, 4.69) is 0 Å². The fourth-order valence-corrected chi connectivity index (χ4v) is 3.84. The van der Waals surface area contributed by atoms with E-state index < -0.39 is 17.7 Å². The summed E-state index contributed by atoms with van der Waals surface area (Å²) in [6, 6.07) is 6.14. The van der Waals surface area contributed by atoms with Crippen LogP contribution in [-0.4, -0.2) is 23.1 Å². The first-order chi connectivity index (χ1) is 11.4. The Bertz CT molecular complexity index is 820. The summed E-state index contributed by atoms with van der Waals surface area (Å²) in [5, 5.41) is 9.06. The Morgan fingerprint density at radius 3 is 2.67 bits per heavy atom. The predicted octanol–water partition coefficient (Wildman–Crippen LogP) is 2.82. The smallest absolute Gasteiger partial charge is 0.387 e. The highest BCUT2D eigenvalue weighted by atomic mass is 19.1. The Morgan fingerprint density at radius 2 is 2.00 bits per heavy atom. The van der Waals surface area contributed by atoms with Crippen molar-refractivity contribution in [3.63, 3.8) is 0 Å². The molecular weight excluding hydrogens is 315 g/mol. The molecule has 124 valence electrons. The van der Waals surface area contributed by atoms with E-state index in [1.165, 1.54) is 12.1 Å². The van der Waals surface area contributed by atoms with E-state index in [1.807, 2.05) is 6.92 Å². The number of rotatable bonds is 2. The van der Waals surface area contributed by atoms with Crippen molar-refractivity contribution in [2.45, 2.75) is 37.9 Å². The highest BCUT2D eigenvalue weighted by Gasteiger charge is 2.49. The van der Waals surface area contributed by atoms with Crippen molar-refractivity contribution in [3.05, 3.63) is 58.3 Å². The van der Waals surface area contributed by atoms with Gasteiger partial charge in [-0.1, -0.05) is 19.1 Å². The van der Waals surface area contributed by atoms with E-state index in [1.54, 1.807) is 12.1 Å². The van der Waals surface area contributed by atoms with Crippen molar-refractivity contribution in [2.24, 2.45) is 0 Å². The number of hydrogen-bond acceptors (Lipinski definition) is 4. The van der Waals surface area contributed by atoms with Crippen LogP contribution in [0.2, 0.25) is 0 Å². The summed E-state index contributed by atoms with van der Waals surface area (Å²) >= 11 is 0. The number of carboxylic acid groups (broad SMARTS) is 1. The summed E-state index contributed by atoms with van der Waals surface area (Å²) in [6.07, 6.45) is -0.141. The van der Waals surface area contributed by atoms with Crippen LogP contribution in [0, 0.1) is 5.82 Å². The Morgan fingerprint density at radius 1 is 1.29 bits per heavy atom. The minimum atomic E-state index is -1.40. The molecule has 0 radical (unpaired) electrons. The maximum absolute atomic E-state index is 13.2. The molecule has 1 aromatic carbocycles. The van der Waals surface area contributed by atoms with Crippen molar-refractivity contribution in [2.75, 3.05) is 0 Å². The fourth-order valence-electron chi connectivity index (χ4n) is 3.84. The minimum absolute atomic E-state index is 0.00523. The van der Waals surface area contributed by atoms with Crippen LogP contribution in [0.15, 0.2) is 46.9 Å². The molecule has 1 N–H and O–H groups in total. The summed E-state index contributed by atoms with van der Waals surface area (Å²) in [5.41, 5.74) is 1.67. The van der Waals surface area contributed by atoms with Gasteiger partial charge in [0.2, 0.25) is 0 Å². The molecule has 0 bridgehead atoms. The molecule has 0 saturated carbocycles. The summed E-state index contributed by atoms with van der Waals surface area (Å²) in [6.45, 7) is 1.95. The number of carboxylic acids is 1. The number of carbonyl (C=O) groups excluding carboxylic acids is 1. The van der Waals surface area contributed by atoms with Gasteiger partial charge in [-0.2, -0.15) is 0 Å². The molecule has 6 heteroatoms. The Kier molecular flexibility index (Phi) is 3.07. The number of aliphatic carboxylic acids is 1. The van der Waals surface area contributed by atoms with E-state index in [4.69, 9.17) is 14.6 Å². The van der Waals surface area contributed by atoms with Crippen LogP contribution in [0.5, 0.6) is 0 Å². The molecule has 1 aromatic rings. The van der Waals surface area contributed by atoms with Crippen LogP contribution in [-0.2, 0) is 24.5 Å². The number of benzene rings is 1. The summed E-state index contributed by atoms with van der Waals surface area (Å²) < 4.78 is 23.9. The molecular formula is C18H15FO5. The van der Waals surface area contributed by atoms with Gasteiger partial charge >= 0.3 is 12.3 Å². The van der Waals surface area contributed by atoms with Gasteiger partial charge in [-0.05, 0) is 30.5 Å². The molecule has 0 saturated heterocycles. The van der Waals surface area contributed by atoms with Crippen LogP contribution < -0.4 is 0 Å². The first-order valence-electron chi connectivity index (χ1n) is 7.72. The zero-order valence-electron chi connectivity index (χ0n) is 13.0. The third kappa shape index (κ3) is 1.99. The molecule has 5 nitrogen and oxygen atoms in total. The topological polar surface area (TPSA) is 72.8 Å². The van der Waals surface area contributed by atoms with E-state index in [0.717, 1.165) is 11.1 Å². The average Bonchev–Trinajstić information content (AvgIpc) is 3.10. The third-order valence-corrected chi connectivity index (χ3v) is 5.01. The number of carbonyl (C=O) groups is 2. The number of allylic oxidation sites excluding steroid dienone is 3. The third-order valence-electron chi connectivity index (χ3n) is 5.01. The second-order valence-electron chi connectivity index (χ2n) is 6.45. The van der Waals surface area contributed by atoms with Gasteiger partial charge in [-0.3, -0.25) is 4.79 Å². The fraction of sp³-hybridized carbons (Fsp3) is 0.333. The lowest BCUT2D eigenvalue weighted by atomic mass is 9.73. The molecule has 0 amide bonds. The summed E-state index contributed by atoms with van der Waals surface area (Å²) in [5.74, 6) is -0.954. The zero-order valence-corrected chi connectivity index (χ0v) is 13.0. The largest absolute Gasteiger partial charge is 0.476 e. The quantitative estimate of drug-likeness (QED) is 0.903. The van der Waals surface area contributed by atoms with Crippen LogP contribution >= 0.6 is 0 Å². The lowest BCUT2D eigenvalue weighted by Gasteiger charge is -2.29. The first-order valence-corrected chi connectivity index (χ1v) is 7.72. The van der Waals surface area contributed by atoms with Crippen LogP contribution in [0.4, 0.5) is 4.39 Å². The van der Waals surface area contributed by atoms with Gasteiger partial charge in [0.1, 0.15) is 5.82 Å². The van der Waals surface area contributed by atoms with E-state index in [-0.39, 0.29) is 18.0 Å². The van der Waals surface area contributed by atoms with E-state index in [9.17, 15) is 14.0 Å². The zero-order chi connectivity index (χ0) is 17.1. The van der Waals surface area contributed by atoms with Gasteiger partial charge in [0.15, 0.2) is 17.3 Å². The Hall–Kier alpha value is -2.63. The number of ketones is 1. The SMILES string of the molecule is CC1(c2ccc(F)cc2)CCC2=C1C(=O)CC1=C2OC(C(=O)O)O1. The number of Topliss-reactive ketones (excluding diaryl/α,β-unsaturated/α-hetero) is 1. The van der Waals surface area contributed by atoms with E-state index >= 15 is 0 Å². The normalized spacial score (nSPS) is 28.4. The number of hydrogen-bond donors (Lipinski definition) is 1. The van der Waals surface area contributed by atoms with Crippen molar-refractivity contribution >= 4 is 11.8 Å². The Balaban J connectivity index is 1.78. The molecule has 1 heterocycles. The molecule has 2 aliphatic carbocycles. The van der Waals surface area contributed by atoms with Crippen molar-refractivity contribution in [1.82, 2.24) is 0 Å². The standard InChI is InChI=1S/C18H15FO5/c1-18(9-2-4-10(19)5-3-9)7-6-11-14(18)12(20)8-13-15(11)24-17(23-13)16(21)22/h2-5,17H,6-8H2,1H3,(H,21,22). The number of ether oxygens (including phenoxy) is 2. The summed E-state index contributed by atoms with van der Waals surface area (Å²) in [7, 11) is 0. The van der Waals surface area contributed by atoms with Crippen molar-refractivity contribution in [3.8, 4) is 0 Å². The van der Waals surface area contributed by atoms with Crippen molar-refractivity contribution < 1.29 is 28.6 Å². The average molecular weight is 330 g/mol. The molecule has 4 rings (SSSR count). The maximum atomic E-state index is 13.2. The minimum Gasteiger partial charge on any atom is -0.476 e. The lowest BCUT2D eigenvalue weighted by molar-refractivity contribution is -0.164. The highest BCUT2D eigenvalue weighted by molar-refractivity contribution is 6.03. The first kappa shape index (κ1) is 14.9. The number of halogens is 1. The van der Waals surface area contributed by atoms with E-state index in [0.29, 0.717) is 29.9 Å². The molecule has 2 atom stereocenters.